The minimum Gasteiger partial charge on any atom is -0.493 e. The normalized spacial score (nSPS) is 9.80. The molecule has 0 saturated carbocycles. The highest BCUT2D eigenvalue weighted by atomic mass is 32.1. The first kappa shape index (κ1) is 11.7. The summed E-state index contributed by atoms with van der Waals surface area (Å²) < 4.78 is 10.2. The highest BCUT2D eigenvalue weighted by Crippen LogP contribution is 2.34. The van der Waals surface area contributed by atoms with Crippen LogP contribution in [0.5, 0.6) is 11.5 Å². The lowest BCUT2D eigenvalue weighted by molar-refractivity contribution is -0.136. The zero-order valence-corrected chi connectivity index (χ0v) is 9.38. The molecule has 15 heavy (non-hydrogen) atoms. The van der Waals surface area contributed by atoms with Crippen LogP contribution in [0.2, 0.25) is 0 Å². The maximum atomic E-state index is 10.5. The van der Waals surface area contributed by atoms with Gasteiger partial charge in [0, 0.05) is 0 Å². The Hall–Kier alpha value is -1.36. The van der Waals surface area contributed by atoms with Crippen molar-refractivity contribution in [1.29, 1.82) is 0 Å². The molecule has 0 aliphatic rings. The largest absolute Gasteiger partial charge is 0.493 e. The molecule has 0 aromatic heterocycles. The van der Waals surface area contributed by atoms with E-state index in [2.05, 4.69) is 12.6 Å². The van der Waals surface area contributed by atoms with Crippen LogP contribution in [0, 0.1) is 0 Å². The van der Waals surface area contributed by atoms with Crippen molar-refractivity contribution in [1.82, 2.24) is 0 Å². The van der Waals surface area contributed by atoms with E-state index in [9.17, 15) is 4.79 Å². The van der Waals surface area contributed by atoms with Gasteiger partial charge in [-0.25, -0.2) is 0 Å². The number of benzene rings is 1. The molecule has 0 aliphatic carbocycles. The monoisotopic (exact) mass is 228 g/mol. The summed E-state index contributed by atoms with van der Waals surface area (Å²) in [5.41, 5.74) is 0.630. The molecule has 0 unspecified atom stereocenters. The van der Waals surface area contributed by atoms with Gasteiger partial charge in [-0.2, -0.15) is 0 Å². The van der Waals surface area contributed by atoms with Crippen LogP contribution >= 0.6 is 12.6 Å². The SMILES string of the molecule is COc1cc(CC(=O)O)cc(S)c1OC. The number of methoxy groups -OCH3 is 2. The highest BCUT2D eigenvalue weighted by molar-refractivity contribution is 7.80. The first-order valence-electron chi connectivity index (χ1n) is 4.24. The summed E-state index contributed by atoms with van der Waals surface area (Å²) in [4.78, 5) is 11.1. The summed E-state index contributed by atoms with van der Waals surface area (Å²) in [5.74, 6) is 0.103. The molecule has 0 fully saturated rings. The number of thiol groups is 1. The molecule has 1 rings (SSSR count). The molecule has 0 saturated heterocycles. The van der Waals surface area contributed by atoms with Crippen LogP contribution in [-0.4, -0.2) is 25.3 Å². The van der Waals surface area contributed by atoms with Gasteiger partial charge in [0.05, 0.1) is 25.5 Å². The Morgan fingerprint density at radius 1 is 1.40 bits per heavy atom. The number of ether oxygens (including phenoxy) is 2. The molecule has 4 nitrogen and oxygen atoms in total. The van der Waals surface area contributed by atoms with Gasteiger partial charge >= 0.3 is 5.97 Å². The molecule has 0 bridgehead atoms. The van der Waals surface area contributed by atoms with E-state index < -0.39 is 5.97 Å². The van der Waals surface area contributed by atoms with E-state index in [1.807, 2.05) is 0 Å². The predicted octanol–water partition coefficient (Wildman–Crippen LogP) is 1.62. The van der Waals surface area contributed by atoms with Gasteiger partial charge < -0.3 is 14.6 Å². The molecule has 0 spiro atoms. The average molecular weight is 228 g/mol. The van der Waals surface area contributed by atoms with Crippen molar-refractivity contribution in [2.45, 2.75) is 11.3 Å². The van der Waals surface area contributed by atoms with Crippen LogP contribution in [0.1, 0.15) is 5.56 Å². The molecule has 82 valence electrons. The van der Waals surface area contributed by atoms with Crippen molar-refractivity contribution in [3.63, 3.8) is 0 Å². The Morgan fingerprint density at radius 2 is 2.07 bits per heavy atom. The molecular formula is C10H12O4S. The fourth-order valence-corrected chi connectivity index (χ4v) is 1.64. The van der Waals surface area contributed by atoms with Crippen molar-refractivity contribution in [3.05, 3.63) is 17.7 Å². The number of hydrogen-bond donors (Lipinski definition) is 2. The van der Waals surface area contributed by atoms with Gasteiger partial charge in [-0.05, 0) is 17.7 Å². The number of aliphatic carboxylic acids is 1. The molecule has 5 heteroatoms. The van der Waals surface area contributed by atoms with Crippen LogP contribution in [0.15, 0.2) is 17.0 Å². The fourth-order valence-electron chi connectivity index (χ4n) is 1.28. The van der Waals surface area contributed by atoms with Crippen molar-refractivity contribution in [2.24, 2.45) is 0 Å². The minimum absolute atomic E-state index is 0.0616. The Labute approximate surface area is 93.2 Å². The fraction of sp³-hybridized carbons (Fsp3) is 0.300. The maximum absolute atomic E-state index is 10.5. The first-order valence-corrected chi connectivity index (χ1v) is 4.69. The van der Waals surface area contributed by atoms with Gasteiger partial charge in [0.15, 0.2) is 11.5 Å². The van der Waals surface area contributed by atoms with Crippen molar-refractivity contribution < 1.29 is 19.4 Å². The second-order valence-corrected chi connectivity index (χ2v) is 3.40. The zero-order valence-electron chi connectivity index (χ0n) is 8.48. The summed E-state index contributed by atoms with van der Waals surface area (Å²) >= 11 is 4.20. The average Bonchev–Trinajstić information content (AvgIpc) is 2.15. The van der Waals surface area contributed by atoms with Crippen LogP contribution < -0.4 is 9.47 Å². The Bertz CT molecular complexity index is 376. The van der Waals surface area contributed by atoms with E-state index in [0.717, 1.165) is 0 Å². The third-order valence-electron chi connectivity index (χ3n) is 1.87. The Morgan fingerprint density at radius 3 is 2.53 bits per heavy atom. The summed E-state index contributed by atoms with van der Waals surface area (Å²) in [6.45, 7) is 0. The molecule has 1 aromatic rings. The summed E-state index contributed by atoms with van der Waals surface area (Å²) in [6, 6.07) is 3.28. The molecule has 0 amide bonds. The zero-order chi connectivity index (χ0) is 11.4. The first-order chi connectivity index (χ1) is 7.08. The number of carbonyl (C=O) groups is 1. The van der Waals surface area contributed by atoms with Crippen LogP contribution in [0.3, 0.4) is 0 Å². The number of rotatable bonds is 4. The standard InChI is InChI=1S/C10H12O4S/c1-13-7-3-6(5-9(11)12)4-8(15)10(7)14-2/h3-4,15H,5H2,1-2H3,(H,11,12). The molecule has 0 aliphatic heterocycles. The maximum Gasteiger partial charge on any atom is 0.307 e. The molecule has 1 N–H and O–H groups in total. The lowest BCUT2D eigenvalue weighted by Gasteiger charge is -2.11. The van der Waals surface area contributed by atoms with E-state index in [1.165, 1.54) is 14.2 Å². The van der Waals surface area contributed by atoms with Crippen molar-refractivity contribution in [3.8, 4) is 11.5 Å². The van der Waals surface area contributed by atoms with Gasteiger partial charge in [-0.3, -0.25) is 4.79 Å². The third kappa shape index (κ3) is 2.79. The second-order valence-electron chi connectivity index (χ2n) is 2.92. The van der Waals surface area contributed by atoms with Crippen LogP contribution in [0.25, 0.3) is 0 Å². The van der Waals surface area contributed by atoms with Crippen molar-refractivity contribution in [2.75, 3.05) is 14.2 Å². The minimum atomic E-state index is -0.894. The van der Waals surface area contributed by atoms with Gasteiger partial charge in [0.25, 0.3) is 0 Å². The number of hydrogen-bond acceptors (Lipinski definition) is 4. The van der Waals surface area contributed by atoms with E-state index >= 15 is 0 Å². The van der Waals surface area contributed by atoms with E-state index in [4.69, 9.17) is 14.6 Å². The lowest BCUT2D eigenvalue weighted by atomic mass is 10.1. The summed E-state index contributed by atoms with van der Waals surface area (Å²) in [6.07, 6.45) is -0.0616. The second kappa shape index (κ2) is 4.93. The quantitative estimate of drug-likeness (QED) is 0.769. The topological polar surface area (TPSA) is 55.8 Å². The van der Waals surface area contributed by atoms with E-state index in [0.29, 0.717) is 22.0 Å². The van der Waals surface area contributed by atoms with Gasteiger partial charge in [-0.1, -0.05) is 0 Å². The third-order valence-corrected chi connectivity index (χ3v) is 2.21. The molecular weight excluding hydrogens is 216 g/mol. The number of carboxylic acids is 1. The smallest absolute Gasteiger partial charge is 0.307 e. The summed E-state index contributed by atoms with van der Waals surface area (Å²) in [5, 5.41) is 8.65. The van der Waals surface area contributed by atoms with Gasteiger partial charge in [0.1, 0.15) is 0 Å². The van der Waals surface area contributed by atoms with Crippen LogP contribution in [-0.2, 0) is 11.2 Å². The molecule has 1 aromatic carbocycles. The predicted molar refractivity (Wildman–Crippen MR) is 58.1 cm³/mol. The molecule has 0 heterocycles. The Balaban J connectivity index is 3.13. The highest BCUT2D eigenvalue weighted by Gasteiger charge is 2.11. The van der Waals surface area contributed by atoms with Crippen LogP contribution in [0.4, 0.5) is 0 Å². The summed E-state index contributed by atoms with van der Waals surface area (Å²) in [7, 11) is 3.00. The molecule has 0 radical (unpaired) electrons. The van der Waals surface area contributed by atoms with E-state index in [1.54, 1.807) is 12.1 Å². The van der Waals surface area contributed by atoms with E-state index in [-0.39, 0.29) is 6.42 Å². The van der Waals surface area contributed by atoms with Gasteiger partial charge in [0.2, 0.25) is 0 Å². The number of carboxylic acid groups (broad SMARTS) is 1. The van der Waals surface area contributed by atoms with Gasteiger partial charge in [-0.15, -0.1) is 12.6 Å². The van der Waals surface area contributed by atoms with Crippen molar-refractivity contribution >= 4 is 18.6 Å². The molecule has 0 atom stereocenters. The Kier molecular flexibility index (Phi) is 3.85. The lowest BCUT2D eigenvalue weighted by Crippen LogP contribution is -2.01.